The molecule has 0 aliphatic heterocycles. The van der Waals surface area contributed by atoms with Gasteiger partial charge in [-0.1, -0.05) is 6.08 Å². The quantitative estimate of drug-likeness (QED) is 0.438. The van der Waals surface area contributed by atoms with Crippen LogP contribution in [0.2, 0.25) is 0 Å². The van der Waals surface area contributed by atoms with E-state index in [2.05, 4.69) is 0 Å². The third-order valence-electron chi connectivity index (χ3n) is 2.22. The third kappa shape index (κ3) is 3.09. The lowest BCUT2D eigenvalue weighted by molar-refractivity contribution is -0.142. The number of carbonyl (C=O) groups excluding carboxylic acids is 1. The number of ether oxygens (including phenoxy) is 1. The van der Waals surface area contributed by atoms with Crippen LogP contribution in [-0.2, 0) is 14.3 Å². The zero-order valence-corrected chi connectivity index (χ0v) is 9.14. The van der Waals surface area contributed by atoms with Gasteiger partial charge in [-0.2, -0.15) is 5.26 Å². The molecular weight excluding hydrogens is 210 g/mol. The number of allylic oxidation sites excluding steroid dienone is 1. The molecule has 0 heterocycles. The number of rotatable bonds is 4. The second kappa shape index (κ2) is 4.79. The van der Waals surface area contributed by atoms with Gasteiger partial charge in [-0.3, -0.25) is 4.79 Å². The van der Waals surface area contributed by atoms with E-state index in [1.54, 1.807) is 19.9 Å². The van der Waals surface area contributed by atoms with Crippen molar-refractivity contribution in [3.8, 4) is 6.07 Å². The molecule has 5 nitrogen and oxygen atoms in total. The van der Waals surface area contributed by atoms with Crippen molar-refractivity contribution in [3.63, 3.8) is 0 Å². The largest absolute Gasteiger partial charge is 0.481 e. The maximum absolute atomic E-state index is 11.4. The highest BCUT2D eigenvalue weighted by Crippen LogP contribution is 2.40. The first-order valence-electron chi connectivity index (χ1n) is 5.01. The minimum absolute atomic E-state index is 0.109. The smallest absolute Gasteiger partial charge is 0.348 e. The SMILES string of the molecule is CC(C)OC(=O)/C(C#N)=C/C1C[C@H]1C(=O)O. The number of nitrogens with zero attached hydrogens (tertiary/aromatic N) is 1. The van der Waals surface area contributed by atoms with Gasteiger partial charge >= 0.3 is 11.9 Å². The Balaban J connectivity index is 2.63. The summed E-state index contributed by atoms with van der Waals surface area (Å²) < 4.78 is 4.85. The average Bonchev–Trinajstić information content (AvgIpc) is 2.91. The lowest BCUT2D eigenvalue weighted by Gasteiger charge is -2.06. The molecule has 1 aliphatic rings. The lowest BCUT2D eigenvalue weighted by atomic mass is 10.2. The minimum Gasteiger partial charge on any atom is -0.481 e. The van der Waals surface area contributed by atoms with Crippen LogP contribution in [0.15, 0.2) is 11.6 Å². The molecule has 0 aromatic heterocycles. The Labute approximate surface area is 93.3 Å². The summed E-state index contributed by atoms with van der Waals surface area (Å²) in [5.74, 6) is -2.26. The molecule has 0 radical (unpaired) electrons. The number of carboxylic acid groups (broad SMARTS) is 1. The van der Waals surface area contributed by atoms with Gasteiger partial charge in [0.15, 0.2) is 0 Å². The van der Waals surface area contributed by atoms with E-state index in [0.29, 0.717) is 6.42 Å². The van der Waals surface area contributed by atoms with Crippen molar-refractivity contribution in [2.75, 3.05) is 0 Å². The van der Waals surface area contributed by atoms with Crippen LogP contribution < -0.4 is 0 Å². The van der Waals surface area contributed by atoms with Crippen LogP contribution in [-0.4, -0.2) is 23.1 Å². The summed E-state index contributed by atoms with van der Waals surface area (Å²) in [7, 11) is 0. The molecule has 86 valence electrons. The summed E-state index contributed by atoms with van der Waals surface area (Å²) >= 11 is 0. The van der Waals surface area contributed by atoms with Crippen LogP contribution in [0.4, 0.5) is 0 Å². The molecule has 0 aromatic rings. The Morgan fingerprint density at radius 2 is 2.19 bits per heavy atom. The number of hydrogen-bond acceptors (Lipinski definition) is 4. The van der Waals surface area contributed by atoms with Crippen LogP contribution in [0.25, 0.3) is 0 Å². The number of carbonyl (C=O) groups is 2. The van der Waals surface area contributed by atoms with Gasteiger partial charge in [0.25, 0.3) is 0 Å². The maximum Gasteiger partial charge on any atom is 0.348 e. The Hall–Kier alpha value is -1.83. The molecule has 1 saturated carbocycles. The van der Waals surface area contributed by atoms with Crippen molar-refractivity contribution in [2.45, 2.75) is 26.4 Å². The molecule has 5 heteroatoms. The highest BCUT2D eigenvalue weighted by atomic mass is 16.5. The molecule has 0 saturated heterocycles. The molecule has 2 atom stereocenters. The van der Waals surface area contributed by atoms with E-state index in [1.165, 1.54) is 6.08 Å². The number of esters is 1. The van der Waals surface area contributed by atoms with Crippen molar-refractivity contribution >= 4 is 11.9 Å². The van der Waals surface area contributed by atoms with Crippen molar-refractivity contribution in [3.05, 3.63) is 11.6 Å². The van der Waals surface area contributed by atoms with E-state index in [9.17, 15) is 9.59 Å². The van der Waals surface area contributed by atoms with Gasteiger partial charge in [0.2, 0.25) is 0 Å². The van der Waals surface area contributed by atoms with Crippen molar-refractivity contribution in [1.82, 2.24) is 0 Å². The zero-order chi connectivity index (χ0) is 12.3. The van der Waals surface area contributed by atoms with E-state index < -0.39 is 17.9 Å². The fourth-order valence-corrected chi connectivity index (χ4v) is 1.33. The third-order valence-corrected chi connectivity index (χ3v) is 2.22. The lowest BCUT2D eigenvalue weighted by Crippen LogP contribution is -2.13. The summed E-state index contributed by atoms with van der Waals surface area (Å²) in [6, 6.07) is 1.73. The fraction of sp³-hybridized carbons (Fsp3) is 0.545. The van der Waals surface area contributed by atoms with Gasteiger partial charge in [0.1, 0.15) is 11.6 Å². The first kappa shape index (κ1) is 12.2. The molecule has 1 unspecified atom stereocenters. The van der Waals surface area contributed by atoms with Crippen LogP contribution in [0, 0.1) is 23.2 Å². The van der Waals surface area contributed by atoms with Gasteiger partial charge in [0.05, 0.1) is 12.0 Å². The number of carboxylic acids is 1. The molecule has 1 rings (SSSR count). The molecule has 0 aromatic carbocycles. The maximum atomic E-state index is 11.4. The second-order valence-electron chi connectivity index (χ2n) is 3.99. The monoisotopic (exact) mass is 223 g/mol. The van der Waals surface area contributed by atoms with E-state index in [1.807, 2.05) is 0 Å². The zero-order valence-electron chi connectivity index (χ0n) is 9.14. The highest BCUT2D eigenvalue weighted by Gasteiger charge is 2.42. The van der Waals surface area contributed by atoms with Gasteiger partial charge in [-0.15, -0.1) is 0 Å². The topological polar surface area (TPSA) is 87.4 Å². The van der Waals surface area contributed by atoms with Crippen LogP contribution in [0.1, 0.15) is 20.3 Å². The highest BCUT2D eigenvalue weighted by molar-refractivity contribution is 5.93. The van der Waals surface area contributed by atoms with E-state index in [0.717, 1.165) is 0 Å². The normalized spacial score (nSPS) is 23.8. The molecular formula is C11H13NO4. The number of aliphatic carboxylic acids is 1. The number of hydrogen-bond donors (Lipinski definition) is 1. The second-order valence-corrected chi connectivity index (χ2v) is 3.99. The Bertz CT molecular complexity index is 378. The van der Waals surface area contributed by atoms with E-state index >= 15 is 0 Å². The molecule has 0 spiro atoms. The van der Waals surface area contributed by atoms with Crippen molar-refractivity contribution in [1.29, 1.82) is 5.26 Å². The van der Waals surface area contributed by atoms with Gasteiger partial charge in [-0.05, 0) is 26.2 Å². The molecule has 1 aliphatic carbocycles. The van der Waals surface area contributed by atoms with Crippen molar-refractivity contribution < 1.29 is 19.4 Å². The summed E-state index contributed by atoms with van der Waals surface area (Å²) in [5.41, 5.74) is -0.109. The minimum atomic E-state index is -0.893. The molecule has 1 N–H and O–H groups in total. The van der Waals surface area contributed by atoms with Crippen molar-refractivity contribution in [2.24, 2.45) is 11.8 Å². The van der Waals surface area contributed by atoms with E-state index in [-0.39, 0.29) is 17.6 Å². The van der Waals surface area contributed by atoms with Crippen LogP contribution in [0.3, 0.4) is 0 Å². The first-order chi connectivity index (χ1) is 7.45. The molecule has 16 heavy (non-hydrogen) atoms. The summed E-state index contributed by atoms with van der Waals surface area (Å²) in [4.78, 5) is 21.9. The first-order valence-corrected chi connectivity index (χ1v) is 5.01. The summed E-state index contributed by atoms with van der Waals surface area (Å²) in [5, 5.41) is 17.4. The summed E-state index contributed by atoms with van der Waals surface area (Å²) in [6.45, 7) is 3.37. The van der Waals surface area contributed by atoms with Gasteiger partial charge in [0, 0.05) is 0 Å². The Morgan fingerprint density at radius 3 is 2.56 bits per heavy atom. The molecule has 1 fully saturated rings. The molecule has 0 bridgehead atoms. The van der Waals surface area contributed by atoms with Gasteiger partial charge < -0.3 is 9.84 Å². The Morgan fingerprint density at radius 1 is 1.56 bits per heavy atom. The predicted molar refractivity (Wildman–Crippen MR) is 54.2 cm³/mol. The predicted octanol–water partition coefficient (Wildman–Crippen LogP) is 1.11. The van der Waals surface area contributed by atoms with Crippen LogP contribution >= 0.6 is 0 Å². The van der Waals surface area contributed by atoms with Crippen LogP contribution in [0.5, 0.6) is 0 Å². The fourth-order valence-electron chi connectivity index (χ4n) is 1.33. The Kier molecular flexibility index (Phi) is 3.67. The standard InChI is InChI=1S/C11H13NO4/c1-6(2)16-11(15)8(5-12)3-7-4-9(7)10(13)14/h3,6-7,9H,4H2,1-2H3,(H,13,14)/b8-3+/t7?,9-/m1/s1. The van der Waals surface area contributed by atoms with Gasteiger partial charge in [-0.25, -0.2) is 4.79 Å². The average molecular weight is 223 g/mol. The van der Waals surface area contributed by atoms with E-state index in [4.69, 9.17) is 15.1 Å². The molecule has 0 amide bonds. The summed E-state index contributed by atoms with van der Waals surface area (Å²) in [6.07, 6.45) is 1.58. The number of nitriles is 1.